The second-order valence-corrected chi connectivity index (χ2v) is 23.1. The lowest BCUT2D eigenvalue weighted by Gasteiger charge is -2.59. The zero-order valence-electron chi connectivity index (χ0n) is 43.0. The molecule has 3 aromatic carbocycles. The topological polar surface area (TPSA) is 183 Å². The van der Waals surface area contributed by atoms with Gasteiger partial charge in [0.25, 0.3) is 0 Å². The number of anilines is 1. The van der Waals surface area contributed by atoms with E-state index >= 15 is 4.79 Å². The van der Waals surface area contributed by atoms with Gasteiger partial charge in [0.1, 0.15) is 29.0 Å². The summed E-state index contributed by atoms with van der Waals surface area (Å²) < 4.78 is 13.2. The summed E-state index contributed by atoms with van der Waals surface area (Å²) in [6.07, 6.45) is 12.6. The average molecular weight is 996 g/mol. The molecule has 3 aliphatic heterocycles. The summed E-state index contributed by atoms with van der Waals surface area (Å²) in [7, 11) is 0. The molecule has 4 saturated carbocycles. The van der Waals surface area contributed by atoms with E-state index in [-0.39, 0.29) is 91.4 Å². The molecule has 0 radical (unpaired) electrons. The van der Waals surface area contributed by atoms with Crippen molar-refractivity contribution in [3.63, 3.8) is 0 Å². The van der Waals surface area contributed by atoms with E-state index in [2.05, 4.69) is 36.2 Å². The van der Waals surface area contributed by atoms with Gasteiger partial charge in [-0.15, -0.1) is 0 Å². The first kappa shape index (κ1) is 51.5. The fourth-order valence-electron chi connectivity index (χ4n) is 14.8. The molecule has 0 amide bonds. The lowest BCUT2D eigenvalue weighted by atomic mass is 9.48. The van der Waals surface area contributed by atoms with Crippen LogP contribution >= 0.6 is 0 Å². The van der Waals surface area contributed by atoms with Gasteiger partial charge in [0, 0.05) is 60.0 Å². The number of phenolic OH excluding ortho intramolecular Hbond substituents is 1. The predicted molar refractivity (Wildman–Crippen MR) is 279 cm³/mol. The van der Waals surface area contributed by atoms with Crippen LogP contribution in [0.2, 0.25) is 0 Å². The third kappa shape index (κ3) is 10.5. The standard InChI is InChI=1S/C62H77NO10/c1-3-4-6-17-48-46(35-64)27-43(31-54(48)63-34-36(2)65)40-19-20-41-33-57(68)73-60-49(41)30-44(59(69)58(60)39-14-7-5-8-15-39)32-56-62(71)52-18-10-9-16-42(52)29-50-51(55(67)22-21-53(50)62)25-38-13-11-12-37(23-38)24-47(66)28-45(26-40)61(70)72-56/h11-13,23,27-28,30-31,36,39-42,47,50-53,56,63-66,69,71H,3-10,14-18,21-22,24-26,29,32-35H2,1-2H3. The zero-order chi connectivity index (χ0) is 51.0. The number of unbranched alkanes of at least 4 members (excludes halogenated alkanes) is 2. The van der Waals surface area contributed by atoms with Crippen LogP contribution in [0.1, 0.15) is 185 Å². The predicted octanol–water partition coefficient (Wildman–Crippen LogP) is 9.73. The average Bonchev–Trinajstić information content (AvgIpc) is 3.38. The highest BCUT2D eigenvalue weighted by Gasteiger charge is 2.62. The van der Waals surface area contributed by atoms with Crippen LogP contribution in [0.3, 0.4) is 0 Å². The van der Waals surface area contributed by atoms with Gasteiger partial charge in [-0.1, -0.05) is 100 Å². The first-order valence-corrected chi connectivity index (χ1v) is 28.0. The van der Waals surface area contributed by atoms with E-state index in [1.807, 2.05) is 30.3 Å². The SMILES string of the molecule is CCCCCc1c(CO)cc(C2C#CC3CC(=O)Oc4c3cc(c(O)c4C3CCCCC3)CC3OC(=O)C(=CC(O)Cc4cccc(c4)CC4C(=O)CCC5C4CC4CCCCC4C35O)C2)cc1NCC(C)O. The Labute approximate surface area is 431 Å². The van der Waals surface area contributed by atoms with Gasteiger partial charge in [0.15, 0.2) is 0 Å². The van der Waals surface area contributed by atoms with Crippen LogP contribution in [0, 0.1) is 41.4 Å². The van der Waals surface area contributed by atoms with Crippen LogP contribution in [-0.2, 0) is 51.4 Å². The van der Waals surface area contributed by atoms with Crippen LogP contribution in [0.5, 0.6) is 11.5 Å². The van der Waals surface area contributed by atoms with Crippen LogP contribution < -0.4 is 10.1 Å². The van der Waals surface area contributed by atoms with Crippen molar-refractivity contribution >= 4 is 23.4 Å². The van der Waals surface area contributed by atoms with Gasteiger partial charge in [-0.3, -0.25) is 9.59 Å². The first-order valence-electron chi connectivity index (χ1n) is 28.0. The number of ketones is 1. The number of carbonyl (C=O) groups excluding carboxylic acids is 3. The number of aliphatic hydroxyl groups is 4. The van der Waals surface area contributed by atoms with Crippen molar-refractivity contribution in [2.45, 2.75) is 197 Å². The smallest absolute Gasteiger partial charge is 0.334 e. The number of carbonyl (C=O) groups is 3. The van der Waals surface area contributed by atoms with Gasteiger partial charge in [-0.05, 0) is 146 Å². The van der Waals surface area contributed by atoms with Crippen LogP contribution in [-0.4, -0.2) is 73.7 Å². The van der Waals surface area contributed by atoms with Gasteiger partial charge in [0.2, 0.25) is 0 Å². The number of fused-ring (bicyclic) bond motifs is 9. The molecule has 11 nitrogen and oxygen atoms in total. The highest BCUT2D eigenvalue weighted by Crippen LogP contribution is 2.59. The molecule has 11 atom stereocenters. The Hall–Kier alpha value is -4.99. The van der Waals surface area contributed by atoms with E-state index < -0.39 is 47.7 Å². The molecule has 11 unspecified atom stereocenters. The van der Waals surface area contributed by atoms with Crippen LogP contribution in [0.25, 0.3) is 0 Å². The summed E-state index contributed by atoms with van der Waals surface area (Å²) in [5, 5.41) is 64.2. The normalized spacial score (nSPS) is 30.8. The van der Waals surface area contributed by atoms with Gasteiger partial charge < -0.3 is 40.3 Å². The summed E-state index contributed by atoms with van der Waals surface area (Å²) in [6.45, 7) is 3.87. The zero-order valence-corrected chi connectivity index (χ0v) is 43.0. The largest absolute Gasteiger partial charge is 0.507 e. The fourth-order valence-corrected chi connectivity index (χ4v) is 14.8. The number of hydrogen-bond donors (Lipinski definition) is 6. The maximum absolute atomic E-state index is 15.7. The Morgan fingerprint density at radius 2 is 1.63 bits per heavy atom. The molecule has 7 aliphatic rings. The van der Waals surface area contributed by atoms with Crippen molar-refractivity contribution in [3.05, 3.63) is 98.6 Å². The number of aromatic hydroxyl groups is 1. The number of aliphatic hydroxyl groups excluding tert-OH is 3. The molecule has 4 aliphatic carbocycles. The summed E-state index contributed by atoms with van der Waals surface area (Å²) >= 11 is 0. The molecule has 390 valence electrons. The van der Waals surface area contributed by atoms with E-state index in [1.54, 1.807) is 13.0 Å². The molecule has 11 heteroatoms. The molecule has 0 saturated heterocycles. The molecule has 10 rings (SSSR count). The van der Waals surface area contributed by atoms with E-state index in [0.717, 1.165) is 106 Å². The maximum atomic E-state index is 15.7. The second-order valence-electron chi connectivity index (χ2n) is 23.1. The van der Waals surface area contributed by atoms with Crippen molar-refractivity contribution in [2.24, 2.45) is 29.6 Å². The molecule has 10 bridgehead atoms. The summed E-state index contributed by atoms with van der Waals surface area (Å²) in [5.41, 5.74) is 5.33. The quantitative estimate of drug-likeness (QED) is 0.0492. The van der Waals surface area contributed by atoms with Crippen LogP contribution in [0.4, 0.5) is 5.69 Å². The lowest BCUT2D eigenvalue weighted by Crippen LogP contribution is -2.65. The minimum Gasteiger partial charge on any atom is -0.507 e. The molecule has 0 spiro atoms. The molecule has 6 N–H and O–H groups in total. The Kier molecular flexibility index (Phi) is 15.6. The van der Waals surface area contributed by atoms with E-state index in [9.17, 15) is 35.1 Å². The summed E-state index contributed by atoms with van der Waals surface area (Å²) in [5.74, 6) is 3.98. The van der Waals surface area contributed by atoms with Crippen molar-refractivity contribution in [3.8, 4) is 23.3 Å². The molecule has 3 aromatic rings. The number of hydrogen-bond acceptors (Lipinski definition) is 11. The Morgan fingerprint density at radius 3 is 2.41 bits per heavy atom. The lowest BCUT2D eigenvalue weighted by molar-refractivity contribution is -0.228. The molecular weight excluding hydrogens is 919 g/mol. The van der Waals surface area contributed by atoms with E-state index in [0.29, 0.717) is 59.3 Å². The van der Waals surface area contributed by atoms with E-state index in [4.69, 9.17) is 9.47 Å². The van der Waals surface area contributed by atoms with Gasteiger partial charge in [-0.2, -0.15) is 0 Å². The Balaban J connectivity index is 1.21. The minimum atomic E-state index is -1.59. The molecule has 73 heavy (non-hydrogen) atoms. The molecule has 3 heterocycles. The fraction of sp³-hybridized carbons (Fsp3) is 0.597. The van der Waals surface area contributed by atoms with Gasteiger partial charge in [0.05, 0.1) is 31.2 Å². The minimum absolute atomic E-state index is 0.00199. The monoisotopic (exact) mass is 996 g/mol. The van der Waals surface area contributed by atoms with E-state index in [1.165, 1.54) is 0 Å². The summed E-state index contributed by atoms with van der Waals surface area (Å²) in [4.78, 5) is 43.9. The van der Waals surface area contributed by atoms with Crippen molar-refractivity contribution < 1.29 is 49.4 Å². The Bertz CT molecular complexity index is 2650. The van der Waals surface area contributed by atoms with Crippen LogP contribution in [0.15, 0.2) is 54.1 Å². The first-order chi connectivity index (χ1) is 35.3. The number of rotatable bonds is 10. The molecule has 0 aromatic heterocycles. The highest BCUT2D eigenvalue weighted by atomic mass is 16.6. The number of phenols is 1. The maximum Gasteiger partial charge on any atom is 0.334 e. The number of esters is 2. The van der Waals surface area contributed by atoms with Crippen molar-refractivity contribution in [2.75, 3.05) is 11.9 Å². The third-order valence-electron chi connectivity index (χ3n) is 18.3. The number of Topliss-reactive ketones (excluding diaryl/α,β-unsaturated/α-hetero) is 1. The highest BCUT2D eigenvalue weighted by molar-refractivity contribution is 5.89. The van der Waals surface area contributed by atoms with Gasteiger partial charge >= 0.3 is 11.9 Å². The third-order valence-corrected chi connectivity index (χ3v) is 18.3. The Morgan fingerprint density at radius 1 is 0.863 bits per heavy atom. The van der Waals surface area contributed by atoms with Crippen molar-refractivity contribution in [1.29, 1.82) is 0 Å². The number of benzene rings is 3. The van der Waals surface area contributed by atoms with Crippen molar-refractivity contribution in [1.82, 2.24) is 0 Å². The number of ether oxygens (including phenoxy) is 2. The second kappa shape index (κ2) is 22.1. The molecule has 4 fully saturated rings. The van der Waals surface area contributed by atoms with Gasteiger partial charge in [-0.25, -0.2) is 4.79 Å². The molecular formula is C62H77NO10. The summed E-state index contributed by atoms with van der Waals surface area (Å²) in [6, 6.07) is 13.9. The number of nitrogens with one attached hydrogen (secondary N) is 1.